The molecule has 3 rings (SSSR count). The molecule has 1 aliphatic carbocycles. The molecule has 1 heterocycles. The van der Waals surface area contributed by atoms with E-state index in [0.717, 1.165) is 12.8 Å². The van der Waals surface area contributed by atoms with Crippen molar-refractivity contribution in [1.82, 2.24) is 20.2 Å². The predicted octanol–water partition coefficient (Wildman–Crippen LogP) is 2.76. The van der Waals surface area contributed by atoms with Gasteiger partial charge in [-0.05, 0) is 35.4 Å². The lowest BCUT2D eigenvalue weighted by Crippen LogP contribution is -2.08. The Bertz CT molecular complexity index is 636. The zero-order valence-corrected chi connectivity index (χ0v) is 12.8. The van der Waals surface area contributed by atoms with Gasteiger partial charge in [-0.2, -0.15) is 0 Å². The lowest BCUT2D eigenvalue weighted by molar-refractivity contribution is 0.591. The van der Waals surface area contributed by atoms with Crippen molar-refractivity contribution < 1.29 is 4.21 Å². The lowest BCUT2D eigenvalue weighted by Gasteiger charge is -2.07. The Morgan fingerprint density at radius 1 is 1.25 bits per heavy atom. The van der Waals surface area contributed by atoms with Gasteiger partial charge < -0.3 is 0 Å². The minimum atomic E-state index is -1.15. The maximum Gasteiger partial charge on any atom is 0.164 e. The Hall–Kier alpha value is -0.980. The average Bonchev–Trinajstić information content (AvgIpc) is 3.15. The quantitative estimate of drug-likeness (QED) is 0.845. The summed E-state index contributed by atoms with van der Waals surface area (Å²) in [5, 5.41) is 12.6. The first-order chi connectivity index (χ1) is 9.65. The van der Waals surface area contributed by atoms with Gasteiger partial charge in [0.15, 0.2) is 5.82 Å². The molecule has 5 nitrogen and oxygen atoms in total. The van der Waals surface area contributed by atoms with E-state index in [9.17, 15) is 4.21 Å². The number of hydrogen-bond donors (Lipinski definition) is 0. The first-order valence-electron chi connectivity index (χ1n) is 6.20. The Morgan fingerprint density at radius 2 is 1.95 bits per heavy atom. The van der Waals surface area contributed by atoms with Crippen LogP contribution in [0.25, 0.3) is 0 Å². The molecule has 1 atom stereocenters. The smallest absolute Gasteiger partial charge is 0.164 e. The van der Waals surface area contributed by atoms with E-state index in [1.54, 1.807) is 22.9 Å². The van der Waals surface area contributed by atoms with Crippen molar-refractivity contribution in [3.05, 3.63) is 39.6 Å². The van der Waals surface area contributed by atoms with Crippen LogP contribution in [0, 0.1) is 0 Å². The summed E-state index contributed by atoms with van der Waals surface area (Å²) in [6, 6.07) is 5.63. The van der Waals surface area contributed by atoms with Gasteiger partial charge in [0, 0.05) is 26.4 Å². The monoisotopic (exact) mass is 330 g/mol. The van der Waals surface area contributed by atoms with Crippen molar-refractivity contribution >= 4 is 34.0 Å². The van der Waals surface area contributed by atoms with Crippen molar-refractivity contribution in [1.29, 1.82) is 0 Å². The van der Waals surface area contributed by atoms with Crippen LogP contribution in [0.1, 0.15) is 30.3 Å². The van der Waals surface area contributed by atoms with Crippen LogP contribution in [-0.4, -0.2) is 24.4 Å². The summed E-state index contributed by atoms with van der Waals surface area (Å²) < 4.78 is 14.0. The third-order valence-corrected chi connectivity index (χ3v) is 5.01. The summed E-state index contributed by atoms with van der Waals surface area (Å²) in [5.41, 5.74) is 0.708. The molecule has 0 spiro atoms. The zero-order valence-electron chi connectivity index (χ0n) is 10.5. The largest absolute Gasteiger partial charge is 0.259 e. The van der Waals surface area contributed by atoms with E-state index in [-0.39, 0.29) is 0 Å². The third kappa shape index (κ3) is 3.02. The van der Waals surface area contributed by atoms with E-state index >= 15 is 0 Å². The molecule has 0 N–H and O–H groups in total. The summed E-state index contributed by atoms with van der Waals surface area (Å²) in [6.45, 7) is 0. The number of aromatic nitrogens is 4. The zero-order chi connectivity index (χ0) is 14.1. The number of rotatable bonds is 5. The van der Waals surface area contributed by atoms with Gasteiger partial charge in [0.1, 0.15) is 0 Å². The molecular formula is C12H12Cl2N4OS. The van der Waals surface area contributed by atoms with Crippen LogP contribution < -0.4 is 0 Å². The molecule has 0 bridgehead atoms. The van der Waals surface area contributed by atoms with E-state index in [1.165, 1.54) is 0 Å². The van der Waals surface area contributed by atoms with Gasteiger partial charge in [-0.15, -0.1) is 5.10 Å². The highest BCUT2D eigenvalue weighted by atomic mass is 35.5. The molecule has 1 fully saturated rings. The van der Waals surface area contributed by atoms with Gasteiger partial charge in [0.2, 0.25) is 0 Å². The molecule has 1 aromatic heterocycles. The minimum absolute atomic E-state index is 0.302. The van der Waals surface area contributed by atoms with Gasteiger partial charge in [-0.3, -0.25) is 4.21 Å². The summed E-state index contributed by atoms with van der Waals surface area (Å²) in [4.78, 5) is 0. The predicted molar refractivity (Wildman–Crippen MR) is 78.1 cm³/mol. The van der Waals surface area contributed by atoms with E-state index < -0.39 is 10.8 Å². The molecule has 0 saturated heterocycles. The molecule has 0 amide bonds. The maximum atomic E-state index is 12.3. The Morgan fingerprint density at radius 3 is 2.60 bits per heavy atom. The average molecular weight is 331 g/mol. The topological polar surface area (TPSA) is 60.7 Å². The van der Waals surface area contributed by atoms with Gasteiger partial charge >= 0.3 is 0 Å². The second kappa shape index (κ2) is 5.79. The SMILES string of the molecule is O=S(Cc1c(Cl)cccc1Cl)Cc1nnnn1C1CC1. The second-order valence-corrected chi connectivity index (χ2v) is 6.97. The molecule has 20 heavy (non-hydrogen) atoms. The van der Waals surface area contributed by atoms with E-state index in [4.69, 9.17) is 23.2 Å². The van der Waals surface area contributed by atoms with Crippen LogP contribution in [0.15, 0.2) is 18.2 Å². The highest BCUT2D eigenvalue weighted by Gasteiger charge is 2.28. The van der Waals surface area contributed by atoms with Gasteiger partial charge in [-0.25, -0.2) is 4.68 Å². The van der Waals surface area contributed by atoms with Crippen molar-refractivity contribution in [2.24, 2.45) is 0 Å². The Balaban J connectivity index is 1.72. The molecule has 1 aliphatic rings. The summed E-state index contributed by atoms with van der Waals surface area (Å²) in [7, 11) is -1.15. The molecule has 1 saturated carbocycles. The summed E-state index contributed by atoms with van der Waals surface area (Å²) in [5.74, 6) is 1.27. The Kier molecular flexibility index (Phi) is 4.05. The first kappa shape index (κ1) is 14.0. The summed E-state index contributed by atoms with van der Waals surface area (Å²) >= 11 is 12.2. The van der Waals surface area contributed by atoms with Crippen LogP contribution in [-0.2, 0) is 22.3 Å². The molecule has 0 radical (unpaired) electrons. The number of nitrogens with zero attached hydrogens (tertiary/aromatic N) is 4. The fourth-order valence-electron chi connectivity index (χ4n) is 1.94. The minimum Gasteiger partial charge on any atom is -0.259 e. The number of tetrazole rings is 1. The molecule has 2 aromatic rings. The summed E-state index contributed by atoms with van der Waals surface area (Å²) in [6.07, 6.45) is 2.17. The van der Waals surface area contributed by atoms with Crippen molar-refractivity contribution in [2.45, 2.75) is 30.4 Å². The van der Waals surface area contributed by atoms with Crippen LogP contribution in [0.5, 0.6) is 0 Å². The third-order valence-electron chi connectivity index (χ3n) is 3.11. The van der Waals surface area contributed by atoms with Gasteiger partial charge in [0.25, 0.3) is 0 Å². The van der Waals surface area contributed by atoms with Crippen LogP contribution >= 0.6 is 23.2 Å². The Labute approximate surface area is 128 Å². The van der Waals surface area contributed by atoms with Gasteiger partial charge in [0.05, 0.1) is 17.5 Å². The highest BCUT2D eigenvalue weighted by Crippen LogP contribution is 2.34. The van der Waals surface area contributed by atoms with Crippen LogP contribution in [0.4, 0.5) is 0 Å². The number of hydrogen-bond acceptors (Lipinski definition) is 4. The van der Waals surface area contributed by atoms with Crippen molar-refractivity contribution in [2.75, 3.05) is 0 Å². The fraction of sp³-hybridized carbons (Fsp3) is 0.417. The van der Waals surface area contributed by atoms with Crippen molar-refractivity contribution in [3.8, 4) is 0 Å². The molecule has 1 unspecified atom stereocenters. The van der Waals surface area contributed by atoms with Crippen LogP contribution in [0.2, 0.25) is 10.0 Å². The van der Waals surface area contributed by atoms with Crippen molar-refractivity contribution in [3.63, 3.8) is 0 Å². The lowest BCUT2D eigenvalue weighted by atomic mass is 10.2. The number of halogens is 2. The normalized spacial score (nSPS) is 16.3. The van der Waals surface area contributed by atoms with Crippen LogP contribution in [0.3, 0.4) is 0 Å². The second-order valence-electron chi connectivity index (χ2n) is 4.70. The molecule has 0 aliphatic heterocycles. The molecule has 1 aromatic carbocycles. The van der Waals surface area contributed by atoms with E-state index in [2.05, 4.69) is 15.5 Å². The van der Waals surface area contributed by atoms with Gasteiger partial charge in [-0.1, -0.05) is 29.3 Å². The van der Waals surface area contributed by atoms with E-state index in [1.807, 2.05) is 0 Å². The first-order valence-corrected chi connectivity index (χ1v) is 8.44. The molecule has 8 heteroatoms. The number of benzene rings is 1. The molecule has 106 valence electrons. The molecular weight excluding hydrogens is 319 g/mol. The van der Waals surface area contributed by atoms with E-state index in [0.29, 0.717) is 39.0 Å². The standard InChI is InChI=1S/C12H12Cl2N4OS/c13-10-2-1-3-11(14)9(10)6-20(19)7-12-15-16-17-18(12)8-4-5-8/h1-3,8H,4-7H2. The maximum absolute atomic E-state index is 12.3. The highest BCUT2D eigenvalue weighted by molar-refractivity contribution is 7.83. The fourth-order valence-corrected chi connectivity index (χ4v) is 3.84.